The Hall–Kier alpha value is -1.36. The number of rotatable bonds is 1. The molecule has 0 atom stereocenters. The van der Waals surface area contributed by atoms with Gasteiger partial charge in [-0.1, -0.05) is 0 Å². The highest BCUT2D eigenvalue weighted by molar-refractivity contribution is 5.00. The summed E-state index contributed by atoms with van der Waals surface area (Å²) in [6, 6.07) is 0. The van der Waals surface area contributed by atoms with Crippen molar-refractivity contribution in [1.29, 1.82) is 0 Å². The molecule has 1 heterocycles. The highest BCUT2D eigenvalue weighted by Gasteiger charge is 1.96. The molecule has 0 radical (unpaired) electrons. The quantitative estimate of drug-likeness (QED) is 0.532. The molecule has 0 saturated carbocycles. The third-order valence-corrected chi connectivity index (χ3v) is 1.39. The molecule has 5 nitrogen and oxygen atoms in total. The molecule has 0 aromatic carbocycles. The number of hydrogen-bond donors (Lipinski definition) is 2. The maximum absolute atomic E-state index is 10.9. The Labute approximate surface area is 62.5 Å². The fraction of sp³-hybridized carbons (Fsp3) is 0.333. The van der Waals surface area contributed by atoms with Crippen molar-refractivity contribution < 1.29 is 0 Å². The van der Waals surface area contributed by atoms with Crippen LogP contribution in [0.4, 0.5) is 0 Å². The maximum Gasteiger partial charge on any atom is 0.329 e. The van der Waals surface area contributed by atoms with Crippen LogP contribution in [0.2, 0.25) is 0 Å². The van der Waals surface area contributed by atoms with Gasteiger partial charge in [-0.2, -0.15) is 0 Å². The summed E-state index contributed by atoms with van der Waals surface area (Å²) >= 11 is 0. The Morgan fingerprint density at radius 1 is 1.64 bits per heavy atom. The predicted octanol–water partition coefficient (Wildman–Crippen LogP) is -1.24. The lowest BCUT2D eigenvalue weighted by atomic mass is 10.4. The zero-order valence-corrected chi connectivity index (χ0v) is 6.13. The Kier molecular flexibility index (Phi) is 1.91. The van der Waals surface area contributed by atoms with E-state index in [4.69, 9.17) is 5.73 Å². The van der Waals surface area contributed by atoms with E-state index in [1.165, 1.54) is 10.8 Å². The third kappa shape index (κ3) is 1.38. The second-order valence-electron chi connectivity index (χ2n) is 2.22. The Bertz CT molecular complexity index is 363. The summed E-state index contributed by atoms with van der Waals surface area (Å²) < 4.78 is 1.23. The number of H-pyrrole nitrogens is 1. The van der Waals surface area contributed by atoms with Crippen molar-refractivity contribution in [2.75, 3.05) is 0 Å². The molecule has 0 fully saturated rings. The molecule has 1 aromatic rings. The van der Waals surface area contributed by atoms with Crippen molar-refractivity contribution in [3.8, 4) is 0 Å². The smallest absolute Gasteiger partial charge is 0.313 e. The molecule has 0 unspecified atom stereocenters. The molecule has 11 heavy (non-hydrogen) atoms. The van der Waals surface area contributed by atoms with Crippen LogP contribution in [0.5, 0.6) is 0 Å². The van der Waals surface area contributed by atoms with E-state index in [0.717, 1.165) is 0 Å². The fourth-order valence-corrected chi connectivity index (χ4v) is 0.754. The van der Waals surface area contributed by atoms with Crippen LogP contribution < -0.4 is 17.0 Å². The Morgan fingerprint density at radius 3 is 2.82 bits per heavy atom. The summed E-state index contributed by atoms with van der Waals surface area (Å²) in [6.45, 7) is 1.70. The Morgan fingerprint density at radius 2 is 2.27 bits per heavy atom. The molecule has 0 amide bonds. The summed E-state index contributed by atoms with van der Waals surface area (Å²) in [6.07, 6.45) is 1.43. The van der Waals surface area contributed by atoms with Gasteiger partial charge in [-0.25, -0.2) is 4.79 Å². The molecule has 0 bridgehead atoms. The van der Waals surface area contributed by atoms with Crippen molar-refractivity contribution in [2.45, 2.75) is 13.6 Å². The zero-order chi connectivity index (χ0) is 8.43. The van der Waals surface area contributed by atoms with Crippen LogP contribution in [0.1, 0.15) is 5.56 Å². The monoisotopic (exact) mass is 155 g/mol. The van der Waals surface area contributed by atoms with Gasteiger partial charge >= 0.3 is 5.69 Å². The molecule has 0 aliphatic carbocycles. The van der Waals surface area contributed by atoms with Gasteiger partial charge in [0.1, 0.15) is 0 Å². The predicted molar refractivity (Wildman–Crippen MR) is 40.2 cm³/mol. The molecule has 5 heteroatoms. The van der Waals surface area contributed by atoms with Gasteiger partial charge in [0.2, 0.25) is 0 Å². The lowest BCUT2D eigenvalue weighted by Crippen LogP contribution is -2.32. The number of nitrogens with zero attached hydrogens (tertiary/aromatic N) is 1. The second-order valence-corrected chi connectivity index (χ2v) is 2.22. The first-order valence-electron chi connectivity index (χ1n) is 3.15. The van der Waals surface area contributed by atoms with E-state index < -0.39 is 5.69 Å². The lowest BCUT2D eigenvalue weighted by Gasteiger charge is -1.99. The van der Waals surface area contributed by atoms with E-state index >= 15 is 0 Å². The van der Waals surface area contributed by atoms with Crippen molar-refractivity contribution in [1.82, 2.24) is 9.55 Å². The summed E-state index contributed by atoms with van der Waals surface area (Å²) in [4.78, 5) is 23.8. The number of aryl methyl sites for hydroxylation is 1. The molecule has 3 N–H and O–H groups in total. The minimum absolute atomic E-state index is 0.0798. The minimum atomic E-state index is -0.469. The molecule has 1 rings (SSSR count). The number of aromatic amines is 1. The number of hydrogen-bond acceptors (Lipinski definition) is 3. The summed E-state index contributed by atoms with van der Waals surface area (Å²) in [7, 11) is 0. The van der Waals surface area contributed by atoms with E-state index in [0.29, 0.717) is 5.56 Å². The van der Waals surface area contributed by atoms with E-state index in [-0.39, 0.29) is 12.2 Å². The normalized spacial score (nSPS) is 10.0. The summed E-state index contributed by atoms with van der Waals surface area (Å²) in [5, 5.41) is 0. The fourth-order valence-electron chi connectivity index (χ4n) is 0.754. The first-order chi connectivity index (χ1) is 5.15. The molecule has 0 saturated heterocycles. The SMILES string of the molecule is Cc1cn(CN)c(=O)[nH]c1=O. The van der Waals surface area contributed by atoms with Crippen LogP contribution in [0.25, 0.3) is 0 Å². The van der Waals surface area contributed by atoms with Gasteiger partial charge in [0.05, 0.1) is 6.67 Å². The van der Waals surface area contributed by atoms with Crippen molar-refractivity contribution in [3.05, 3.63) is 32.6 Å². The second kappa shape index (κ2) is 2.71. The van der Waals surface area contributed by atoms with Crippen LogP contribution in [0.3, 0.4) is 0 Å². The van der Waals surface area contributed by atoms with E-state index in [1.54, 1.807) is 6.92 Å². The highest BCUT2D eigenvalue weighted by Crippen LogP contribution is 1.79. The minimum Gasteiger partial charge on any atom is -0.313 e. The molecular weight excluding hydrogens is 146 g/mol. The molecule has 1 aromatic heterocycles. The van der Waals surface area contributed by atoms with Gasteiger partial charge < -0.3 is 5.73 Å². The number of nitrogens with two attached hydrogens (primary N) is 1. The van der Waals surface area contributed by atoms with Crippen molar-refractivity contribution in [3.63, 3.8) is 0 Å². The van der Waals surface area contributed by atoms with Crippen LogP contribution in [-0.2, 0) is 6.67 Å². The van der Waals surface area contributed by atoms with Gasteiger partial charge in [0.15, 0.2) is 0 Å². The standard InChI is InChI=1S/C6H9N3O2/c1-4-2-9(3-7)6(11)8-5(4)10/h2H,3,7H2,1H3,(H,8,10,11). The molecule has 0 spiro atoms. The average molecular weight is 155 g/mol. The third-order valence-electron chi connectivity index (χ3n) is 1.39. The number of nitrogens with one attached hydrogen (secondary N) is 1. The molecule has 0 aliphatic rings. The molecule has 0 aliphatic heterocycles. The summed E-state index contributed by atoms with van der Waals surface area (Å²) in [5.41, 5.74) is 4.86. The van der Waals surface area contributed by atoms with E-state index in [2.05, 4.69) is 4.98 Å². The van der Waals surface area contributed by atoms with Gasteiger partial charge in [0, 0.05) is 11.8 Å². The highest BCUT2D eigenvalue weighted by atomic mass is 16.2. The zero-order valence-electron chi connectivity index (χ0n) is 6.13. The largest absolute Gasteiger partial charge is 0.329 e. The first kappa shape index (κ1) is 7.74. The van der Waals surface area contributed by atoms with Crippen LogP contribution >= 0.6 is 0 Å². The van der Waals surface area contributed by atoms with Crippen molar-refractivity contribution >= 4 is 0 Å². The van der Waals surface area contributed by atoms with Gasteiger partial charge in [0.25, 0.3) is 5.56 Å². The maximum atomic E-state index is 10.9. The summed E-state index contributed by atoms with van der Waals surface area (Å²) in [5.74, 6) is 0. The van der Waals surface area contributed by atoms with E-state index in [9.17, 15) is 9.59 Å². The van der Waals surface area contributed by atoms with Gasteiger partial charge in [-0.05, 0) is 6.92 Å². The van der Waals surface area contributed by atoms with Crippen LogP contribution in [-0.4, -0.2) is 9.55 Å². The van der Waals surface area contributed by atoms with Gasteiger partial charge in [-0.3, -0.25) is 14.3 Å². The molecule has 60 valence electrons. The van der Waals surface area contributed by atoms with Gasteiger partial charge in [-0.15, -0.1) is 0 Å². The molecular formula is C6H9N3O2. The first-order valence-corrected chi connectivity index (χ1v) is 3.15. The topological polar surface area (TPSA) is 80.9 Å². The van der Waals surface area contributed by atoms with E-state index in [1.807, 2.05) is 0 Å². The van der Waals surface area contributed by atoms with Crippen molar-refractivity contribution in [2.24, 2.45) is 5.73 Å². The average Bonchev–Trinajstić information content (AvgIpc) is 1.97. The Balaban J connectivity index is 3.45. The van der Waals surface area contributed by atoms with Crippen LogP contribution in [0, 0.1) is 6.92 Å². The lowest BCUT2D eigenvalue weighted by molar-refractivity contribution is 0.665. The number of aromatic nitrogens is 2. The van der Waals surface area contributed by atoms with Crippen LogP contribution in [0.15, 0.2) is 15.8 Å².